The van der Waals surface area contributed by atoms with Gasteiger partial charge in [-0.1, -0.05) is 25.1 Å². The van der Waals surface area contributed by atoms with Gasteiger partial charge in [-0.25, -0.2) is 0 Å². The number of carbonyl (C=O) groups is 1. The first-order valence-electron chi connectivity index (χ1n) is 7.06. The summed E-state index contributed by atoms with van der Waals surface area (Å²) in [6.45, 7) is 4.64. The van der Waals surface area contributed by atoms with Crippen molar-refractivity contribution in [1.29, 1.82) is 0 Å². The molecule has 1 aromatic carbocycles. The number of carbonyl (C=O) groups excluding carboxylic acids is 1. The van der Waals surface area contributed by atoms with Gasteiger partial charge in [0.1, 0.15) is 6.61 Å². The molecular weight excluding hydrogens is 272 g/mol. The molecule has 0 fully saturated rings. The van der Waals surface area contributed by atoms with Crippen LogP contribution in [0.25, 0.3) is 0 Å². The van der Waals surface area contributed by atoms with Gasteiger partial charge in [0.25, 0.3) is 5.69 Å². The molecule has 1 rings (SSSR count). The molecule has 0 saturated heterocycles. The minimum atomic E-state index is -0.374. The van der Waals surface area contributed by atoms with Gasteiger partial charge in [-0.3, -0.25) is 19.8 Å². The van der Waals surface area contributed by atoms with Gasteiger partial charge in [-0.15, -0.1) is 0 Å². The summed E-state index contributed by atoms with van der Waals surface area (Å²) < 4.78 is 5.10. The fraction of sp³-hybridized carbons (Fsp3) is 0.533. The van der Waals surface area contributed by atoms with Crippen molar-refractivity contribution in [3.8, 4) is 0 Å². The number of para-hydroxylation sites is 1. The van der Waals surface area contributed by atoms with Crippen LogP contribution in [-0.2, 0) is 9.53 Å². The summed E-state index contributed by atoms with van der Waals surface area (Å²) >= 11 is 0. The third kappa shape index (κ3) is 5.15. The van der Waals surface area contributed by atoms with E-state index in [4.69, 9.17) is 4.74 Å². The molecule has 0 saturated carbocycles. The first kappa shape index (κ1) is 17.1. The van der Waals surface area contributed by atoms with E-state index in [-0.39, 0.29) is 22.6 Å². The van der Waals surface area contributed by atoms with Crippen LogP contribution in [0, 0.1) is 10.1 Å². The number of ether oxygens (including phenoxy) is 1. The fourth-order valence-electron chi connectivity index (χ4n) is 2.02. The molecule has 1 unspecified atom stereocenters. The molecule has 6 heteroatoms. The maximum atomic E-state index is 11.3. The van der Waals surface area contributed by atoms with Crippen molar-refractivity contribution < 1.29 is 14.5 Å². The summed E-state index contributed by atoms with van der Waals surface area (Å²) in [5, 5.41) is 11.0. The Labute approximate surface area is 124 Å². The number of nitro benzene ring substituents is 1. The van der Waals surface area contributed by atoms with Crippen LogP contribution >= 0.6 is 0 Å². The number of benzene rings is 1. The summed E-state index contributed by atoms with van der Waals surface area (Å²) in [5.41, 5.74) is 0.768. The Balaban J connectivity index is 2.60. The molecule has 0 spiro atoms. The fourth-order valence-corrected chi connectivity index (χ4v) is 2.02. The molecule has 1 atom stereocenters. The van der Waals surface area contributed by atoms with Crippen molar-refractivity contribution in [3.05, 3.63) is 39.9 Å². The quantitative estimate of drug-likeness (QED) is 0.419. The van der Waals surface area contributed by atoms with E-state index >= 15 is 0 Å². The van der Waals surface area contributed by atoms with Gasteiger partial charge >= 0.3 is 5.97 Å². The zero-order valence-electron chi connectivity index (χ0n) is 12.7. The molecule has 0 radical (unpaired) electrons. The van der Waals surface area contributed by atoms with Crippen molar-refractivity contribution in [3.63, 3.8) is 0 Å². The predicted octanol–water partition coefficient (Wildman–Crippen LogP) is 2.93. The number of esters is 1. The maximum absolute atomic E-state index is 11.3. The topological polar surface area (TPSA) is 72.7 Å². The highest BCUT2D eigenvalue weighted by Crippen LogP contribution is 2.27. The molecular formula is C15H22N2O4. The Hall–Kier alpha value is -1.95. The summed E-state index contributed by atoms with van der Waals surface area (Å²) in [7, 11) is 1.86. The monoisotopic (exact) mass is 294 g/mol. The summed E-state index contributed by atoms with van der Waals surface area (Å²) in [4.78, 5) is 23.9. The van der Waals surface area contributed by atoms with Gasteiger partial charge in [-0.2, -0.15) is 0 Å². The molecule has 0 heterocycles. The summed E-state index contributed by atoms with van der Waals surface area (Å²) in [6.07, 6.45) is 1.19. The van der Waals surface area contributed by atoms with Crippen LogP contribution in [0.5, 0.6) is 0 Å². The molecule has 116 valence electrons. The Morgan fingerprint density at radius 3 is 2.71 bits per heavy atom. The second-order valence-electron chi connectivity index (χ2n) is 4.94. The minimum Gasteiger partial charge on any atom is -0.464 e. The van der Waals surface area contributed by atoms with E-state index in [1.807, 2.05) is 25.8 Å². The smallest absolute Gasteiger partial charge is 0.305 e. The van der Waals surface area contributed by atoms with E-state index in [2.05, 4.69) is 0 Å². The van der Waals surface area contributed by atoms with Crippen molar-refractivity contribution in [2.45, 2.75) is 32.7 Å². The normalized spacial score (nSPS) is 12.2. The second kappa shape index (κ2) is 8.36. The van der Waals surface area contributed by atoms with Gasteiger partial charge < -0.3 is 4.74 Å². The molecule has 0 aliphatic heterocycles. The van der Waals surface area contributed by atoms with Gasteiger partial charge in [-0.05, 0) is 20.4 Å². The molecule has 0 aromatic heterocycles. The SMILES string of the molecule is CCCC(=O)OCCN(C)C(C)c1ccccc1[N+](=O)[O-]. The van der Waals surface area contributed by atoms with Crippen LogP contribution in [0.15, 0.2) is 24.3 Å². The third-order valence-electron chi connectivity index (χ3n) is 3.41. The largest absolute Gasteiger partial charge is 0.464 e. The summed E-state index contributed by atoms with van der Waals surface area (Å²) in [5.74, 6) is -0.204. The number of likely N-dealkylation sites (N-methyl/N-ethyl adjacent to an activating group) is 1. The Morgan fingerprint density at radius 2 is 2.10 bits per heavy atom. The van der Waals surface area contributed by atoms with E-state index in [0.29, 0.717) is 25.1 Å². The second-order valence-corrected chi connectivity index (χ2v) is 4.94. The first-order valence-corrected chi connectivity index (χ1v) is 7.06. The lowest BCUT2D eigenvalue weighted by molar-refractivity contribution is -0.385. The molecule has 0 N–H and O–H groups in total. The van der Waals surface area contributed by atoms with Crippen molar-refractivity contribution in [2.24, 2.45) is 0 Å². The van der Waals surface area contributed by atoms with Crippen LogP contribution in [0.3, 0.4) is 0 Å². The summed E-state index contributed by atoms with van der Waals surface area (Å²) in [6, 6.07) is 6.56. The third-order valence-corrected chi connectivity index (χ3v) is 3.41. The zero-order valence-corrected chi connectivity index (χ0v) is 12.7. The number of nitrogens with zero attached hydrogens (tertiary/aromatic N) is 2. The van der Waals surface area contributed by atoms with Crippen molar-refractivity contribution in [1.82, 2.24) is 4.90 Å². The average molecular weight is 294 g/mol. The lowest BCUT2D eigenvalue weighted by atomic mass is 10.1. The Morgan fingerprint density at radius 1 is 1.43 bits per heavy atom. The first-order chi connectivity index (χ1) is 9.97. The van der Waals surface area contributed by atoms with E-state index in [9.17, 15) is 14.9 Å². The predicted molar refractivity (Wildman–Crippen MR) is 80.0 cm³/mol. The molecule has 21 heavy (non-hydrogen) atoms. The number of rotatable bonds is 8. The highest BCUT2D eigenvalue weighted by atomic mass is 16.6. The van der Waals surface area contributed by atoms with E-state index in [0.717, 1.165) is 6.42 Å². The lowest BCUT2D eigenvalue weighted by Gasteiger charge is -2.24. The van der Waals surface area contributed by atoms with Crippen molar-refractivity contribution in [2.75, 3.05) is 20.2 Å². The van der Waals surface area contributed by atoms with Gasteiger partial charge in [0.05, 0.1) is 4.92 Å². The molecule has 0 amide bonds. The zero-order chi connectivity index (χ0) is 15.8. The van der Waals surface area contributed by atoms with Crippen LogP contribution in [0.1, 0.15) is 38.3 Å². The highest BCUT2D eigenvalue weighted by molar-refractivity contribution is 5.69. The molecule has 0 aliphatic rings. The molecule has 6 nitrogen and oxygen atoms in total. The maximum Gasteiger partial charge on any atom is 0.305 e. The van der Waals surface area contributed by atoms with Crippen LogP contribution in [0.2, 0.25) is 0 Å². The Bertz CT molecular complexity index is 490. The van der Waals surface area contributed by atoms with Crippen molar-refractivity contribution >= 4 is 11.7 Å². The number of nitro groups is 1. The molecule has 1 aromatic rings. The van der Waals surface area contributed by atoms with Crippen LogP contribution in [0.4, 0.5) is 5.69 Å². The van der Waals surface area contributed by atoms with Gasteiger partial charge in [0.2, 0.25) is 0 Å². The van der Waals surface area contributed by atoms with Gasteiger partial charge in [0, 0.05) is 30.6 Å². The van der Waals surface area contributed by atoms with E-state index in [1.54, 1.807) is 18.2 Å². The number of hydrogen-bond acceptors (Lipinski definition) is 5. The lowest BCUT2D eigenvalue weighted by Crippen LogP contribution is -2.27. The van der Waals surface area contributed by atoms with E-state index in [1.165, 1.54) is 6.07 Å². The minimum absolute atomic E-state index is 0.111. The standard InChI is InChI=1S/C15H22N2O4/c1-4-7-15(18)21-11-10-16(3)12(2)13-8-5-6-9-14(13)17(19)20/h5-6,8-9,12H,4,7,10-11H2,1-3H3. The number of hydrogen-bond donors (Lipinski definition) is 0. The van der Waals surface area contributed by atoms with Crippen LogP contribution < -0.4 is 0 Å². The van der Waals surface area contributed by atoms with Crippen LogP contribution in [-0.4, -0.2) is 36.0 Å². The van der Waals surface area contributed by atoms with Gasteiger partial charge in [0.15, 0.2) is 0 Å². The Kier molecular flexibility index (Phi) is 6.81. The molecule has 0 aliphatic carbocycles. The average Bonchev–Trinajstić information content (AvgIpc) is 2.46. The highest BCUT2D eigenvalue weighted by Gasteiger charge is 2.21. The van der Waals surface area contributed by atoms with E-state index < -0.39 is 0 Å². The molecule has 0 bridgehead atoms.